The summed E-state index contributed by atoms with van der Waals surface area (Å²) in [6, 6.07) is 1.13. The molecule has 1 aromatic carbocycles. The van der Waals surface area contributed by atoms with E-state index in [2.05, 4.69) is 20.3 Å². The van der Waals surface area contributed by atoms with Gasteiger partial charge >= 0.3 is 12.4 Å². The maximum atomic E-state index is 13.0. The first kappa shape index (κ1) is 23.8. The average Bonchev–Trinajstić information content (AvgIpc) is 3.18. The van der Waals surface area contributed by atoms with Gasteiger partial charge in [-0.15, -0.1) is 5.10 Å². The molecule has 1 aromatic heterocycles. The fraction of sp³-hybridized carbons (Fsp3) is 0.450. The van der Waals surface area contributed by atoms with Gasteiger partial charge in [0, 0.05) is 30.9 Å². The monoisotopic (exact) mass is 461 g/mol. The maximum Gasteiger partial charge on any atom is 0.416 e. The minimum atomic E-state index is -4.97. The SMILES string of the molecule is CN1CCCC(CNC(=O)C=Cn2cnc(-c3cc(C(F)(F)F)cc(C(F)(F)F)c3)n2)C1. The number of hydrogen-bond donors (Lipinski definition) is 1. The number of benzene rings is 1. The molecule has 0 aliphatic carbocycles. The van der Waals surface area contributed by atoms with Crippen molar-refractivity contribution in [3.63, 3.8) is 0 Å². The average molecular weight is 461 g/mol. The predicted octanol–water partition coefficient (Wildman–Crippen LogP) is 3.91. The molecule has 6 nitrogen and oxygen atoms in total. The first-order valence-electron chi connectivity index (χ1n) is 9.77. The molecule has 32 heavy (non-hydrogen) atoms. The molecule has 1 aliphatic rings. The molecule has 1 fully saturated rings. The molecule has 1 aliphatic heterocycles. The van der Waals surface area contributed by atoms with Crippen LogP contribution in [0.2, 0.25) is 0 Å². The number of halogens is 6. The van der Waals surface area contributed by atoms with Crippen LogP contribution < -0.4 is 5.32 Å². The van der Waals surface area contributed by atoms with Gasteiger partial charge in [0.15, 0.2) is 5.82 Å². The lowest BCUT2D eigenvalue weighted by Crippen LogP contribution is -2.38. The van der Waals surface area contributed by atoms with Gasteiger partial charge in [0.2, 0.25) is 5.91 Å². The van der Waals surface area contributed by atoms with Crippen LogP contribution in [0.1, 0.15) is 24.0 Å². The van der Waals surface area contributed by atoms with Crippen LogP contribution in [0.15, 0.2) is 30.6 Å². The van der Waals surface area contributed by atoms with Crippen molar-refractivity contribution >= 4 is 12.1 Å². The normalized spacial score (nSPS) is 18.3. The van der Waals surface area contributed by atoms with E-state index in [9.17, 15) is 31.1 Å². The quantitative estimate of drug-likeness (QED) is 0.542. The van der Waals surface area contributed by atoms with Gasteiger partial charge in [0.1, 0.15) is 6.33 Å². The van der Waals surface area contributed by atoms with E-state index >= 15 is 0 Å². The number of aromatic nitrogens is 3. The van der Waals surface area contributed by atoms with Gasteiger partial charge in [-0.1, -0.05) is 0 Å². The van der Waals surface area contributed by atoms with E-state index in [0.29, 0.717) is 24.6 Å². The highest BCUT2D eigenvalue weighted by Crippen LogP contribution is 2.38. The Morgan fingerprint density at radius 1 is 1.16 bits per heavy atom. The zero-order valence-electron chi connectivity index (χ0n) is 17.0. The summed E-state index contributed by atoms with van der Waals surface area (Å²) in [5, 5.41) is 6.62. The molecule has 1 amide bonds. The lowest BCUT2D eigenvalue weighted by molar-refractivity contribution is -0.143. The lowest BCUT2D eigenvalue weighted by atomic mass is 9.98. The van der Waals surface area contributed by atoms with E-state index in [0.717, 1.165) is 43.0 Å². The van der Waals surface area contributed by atoms with Crippen molar-refractivity contribution in [2.45, 2.75) is 25.2 Å². The largest absolute Gasteiger partial charge is 0.416 e. The zero-order valence-corrected chi connectivity index (χ0v) is 17.0. The van der Waals surface area contributed by atoms with Crippen molar-refractivity contribution in [2.75, 3.05) is 26.7 Å². The summed E-state index contributed by atoms with van der Waals surface area (Å²) in [6.45, 7) is 2.41. The van der Waals surface area contributed by atoms with Gasteiger partial charge < -0.3 is 10.2 Å². The zero-order chi connectivity index (χ0) is 23.5. The first-order chi connectivity index (χ1) is 14.9. The molecule has 1 atom stereocenters. The molecule has 1 N–H and O–H groups in total. The van der Waals surface area contributed by atoms with Gasteiger partial charge in [-0.25, -0.2) is 9.67 Å². The topological polar surface area (TPSA) is 63.1 Å². The molecule has 174 valence electrons. The minimum Gasteiger partial charge on any atom is -0.352 e. The van der Waals surface area contributed by atoms with Crippen LogP contribution in [0, 0.1) is 5.92 Å². The van der Waals surface area contributed by atoms with Crippen LogP contribution in [-0.2, 0) is 17.1 Å². The number of alkyl halides is 6. The van der Waals surface area contributed by atoms with Crippen molar-refractivity contribution < 1.29 is 31.1 Å². The smallest absolute Gasteiger partial charge is 0.352 e. The number of likely N-dealkylation sites (tertiary alicyclic amines) is 1. The number of amides is 1. The Bertz CT molecular complexity index is 949. The van der Waals surface area contributed by atoms with Crippen LogP contribution in [0.3, 0.4) is 0 Å². The Morgan fingerprint density at radius 3 is 2.41 bits per heavy atom. The maximum absolute atomic E-state index is 13.0. The molecule has 0 spiro atoms. The summed E-state index contributed by atoms with van der Waals surface area (Å²) in [5.41, 5.74) is -3.35. The number of hydrogen-bond acceptors (Lipinski definition) is 4. The molecule has 12 heteroatoms. The van der Waals surface area contributed by atoms with Gasteiger partial charge in [-0.05, 0) is 50.6 Å². The second-order valence-corrected chi connectivity index (χ2v) is 7.67. The summed E-state index contributed by atoms with van der Waals surface area (Å²) >= 11 is 0. The summed E-state index contributed by atoms with van der Waals surface area (Å²) in [6.07, 6.45) is -4.40. The Labute approximate surface area is 179 Å². The van der Waals surface area contributed by atoms with Crippen LogP contribution in [0.25, 0.3) is 17.6 Å². The first-order valence-corrected chi connectivity index (χ1v) is 9.77. The Hall–Kier alpha value is -2.89. The number of piperidine rings is 1. The third-order valence-corrected chi connectivity index (χ3v) is 5.02. The van der Waals surface area contributed by atoms with Crippen molar-refractivity contribution in [2.24, 2.45) is 5.92 Å². The molecule has 0 bridgehead atoms. The van der Waals surface area contributed by atoms with Crippen molar-refractivity contribution in [1.82, 2.24) is 25.0 Å². The summed E-state index contributed by atoms with van der Waals surface area (Å²) in [7, 11) is 2.01. The molecule has 1 saturated heterocycles. The van der Waals surface area contributed by atoms with E-state index in [1.165, 1.54) is 6.20 Å². The van der Waals surface area contributed by atoms with Crippen molar-refractivity contribution in [3.8, 4) is 11.4 Å². The highest BCUT2D eigenvalue weighted by molar-refractivity contribution is 5.90. The van der Waals surface area contributed by atoms with E-state index in [1.54, 1.807) is 0 Å². The third kappa shape index (κ3) is 6.31. The summed E-state index contributed by atoms with van der Waals surface area (Å²) < 4.78 is 79.2. The number of carbonyl (C=O) groups excluding carboxylic acids is 1. The molecular formula is C20H21F6N5O. The molecule has 2 heterocycles. The van der Waals surface area contributed by atoms with Gasteiger partial charge in [0.25, 0.3) is 0 Å². The van der Waals surface area contributed by atoms with Gasteiger partial charge in [-0.2, -0.15) is 26.3 Å². The molecule has 0 radical (unpaired) electrons. The van der Waals surface area contributed by atoms with Crippen LogP contribution >= 0.6 is 0 Å². The Kier molecular flexibility index (Phi) is 6.91. The predicted molar refractivity (Wildman–Crippen MR) is 104 cm³/mol. The van der Waals surface area contributed by atoms with Crippen molar-refractivity contribution in [1.29, 1.82) is 0 Å². The standard InChI is InChI=1S/C20H21F6N5O/c1-30-5-2-3-13(11-30)10-27-17(32)4-6-31-12-28-18(29-31)14-7-15(19(21,22)23)9-16(8-14)20(24,25)26/h4,6-9,12-13H,2-3,5,10-11H2,1H3,(H,27,32). The molecule has 0 saturated carbocycles. The van der Waals surface area contributed by atoms with Crippen LogP contribution in [0.4, 0.5) is 26.3 Å². The van der Waals surface area contributed by atoms with Gasteiger partial charge in [-0.3, -0.25) is 4.79 Å². The minimum absolute atomic E-state index is 0.0365. The van der Waals surface area contributed by atoms with E-state index < -0.39 is 35.0 Å². The van der Waals surface area contributed by atoms with Crippen LogP contribution in [-0.4, -0.2) is 52.3 Å². The molecule has 2 aromatic rings. The Balaban J connectivity index is 1.70. The fourth-order valence-corrected chi connectivity index (χ4v) is 3.45. The number of nitrogens with zero attached hydrogens (tertiary/aromatic N) is 4. The number of carbonyl (C=O) groups is 1. The third-order valence-electron chi connectivity index (χ3n) is 5.02. The van der Waals surface area contributed by atoms with Crippen molar-refractivity contribution in [3.05, 3.63) is 41.7 Å². The second-order valence-electron chi connectivity index (χ2n) is 7.67. The lowest BCUT2D eigenvalue weighted by Gasteiger charge is -2.29. The summed E-state index contributed by atoms with van der Waals surface area (Å²) in [4.78, 5) is 18.0. The van der Waals surface area contributed by atoms with Gasteiger partial charge in [0.05, 0.1) is 11.1 Å². The van der Waals surface area contributed by atoms with E-state index in [1.807, 2.05) is 7.05 Å². The molecular weight excluding hydrogens is 440 g/mol. The highest BCUT2D eigenvalue weighted by Gasteiger charge is 2.37. The Morgan fingerprint density at radius 2 is 1.81 bits per heavy atom. The molecule has 1 unspecified atom stereocenters. The second kappa shape index (κ2) is 9.31. The van der Waals surface area contributed by atoms with E-state index in [-0.39, 0.29) is 11.9 Å². The highest BCUT2D eigenvalue weighted by atomic mass is 19.4. The molecule has 3 rings (SSSR count). The van der Waals surface area contributed by atoms with E-state index in [4.69, 9.17) is 0 Å². The number of rotatable bonds is 5. The fourth-order valence-electron chi connectivity index (χ4n) is 3.45. The number of nitrogens with one attached hydrogen (secondary N) is 1. The summed E-state index contributed by atoms with van der Waals surface area (Å²) in [5.74, 6) is -0.390. The van der Waals surface area contributed by atoms with Crippen LogP contribution in [0.5, 0.6) is 0 Å².